The topological polar surface area (TPSA) is 137 Å². The second-order valence-corrected chi connectivity index (χ2v) is 12.0. The van der Waals surface area contributed by atoms with Crippen molar-refractivity contribution in [1.82, 2.24) is 31.5 Å². The summed E-state index contributed by atoms with van der Waals surface area (Å²) in [7, 11) is 0. The van der Waals surface area contributed by atoms with Gasteiger partial charge < -0.3 is 15.6 Å². The lowest BCUT2D eigenvalue weighted by Gasteiger charge is -2.39. The molecule has 2 aliphatic heterocycles. The number of pyridine rings is 2. The first-order chi connectivity index (χ1) is 20.5. The van der Waals surface area contributed by atoms with E-state index in [1.807, 2.05) is 0 Å². The van der Waals surface area contributed by atoms with Crippen molar-refractivity contribution >= 4 is 22.3 Å². The lowest BCUT2D eigenvalue weighted by atomic mass is 9.96. The number of hydrogen-bond donors (Lipinski definition) is 4. The molecule has 1 aromatic carbocycles. The number of hydrogen-bond acceptors (Lipinski definition) is 11. The van der Waals surface area contributed by atoms with E-state index in [4.69, 9.17) is 4.84 Å². The van der Waals surface area contributed by atoms with E-state index in [1.54, 1.807) is 30.1 Å². The number of aromatic nitrogens is 2. The maximum Gasteiger partial charge on any atom is 0.263 e. The van der Waals surface area contributed by atoms with Crippen LogP contribution < -0.4 is 26.9 Å². The van der Waals surface area contributed by atoms with Crippen LogP contribution in [0.2, 0.25) is 0 Å². The third kappa shape index (κ3) is 4.78. The second-order valence-electron chi connectivity index (χ2n) is 12.0. The third-order valence-electron chi connectivity index (χ3n) is 7.78. The lowest BCUT2D eigenvalue weighted by molar-refractivity contribution is -0.0582. The van der Waals surface area contributed by atoms with Gasteiger partial charge in [0.2, 0.25) is 5.95 Å². The number of anilines is 2. The minimum atomic E-state index is -2.64. The smallest absolute Gasteiger partial charge is 0.263 e. The van der Waals surface area contributed by atoms with Crippen molar-refractivity contribution < 1.29 is 18.0 Å². The summed E-state index contributed by atoms with van der Waals surface area (Å²) in [5.41, 5.74) is 10.3. The lowest BCUT2D eigenvalue weighted by Crippen LogP contribution is -2.51. The van der Waals surface area contributed by atoms with Gasteiger partial charge in [-0.2, -0.15) is 14.9 Å². The maximum absolute atomic E-state index is 14.1. The van der Waals surface area contributed by atoms with E-state index in [-0.39, 0.29) is 29.7 Å². The summed E-state index contributed by atoms with van der Waals surface area (Å²) in [5, 5.41) is 26.8. The summed E-state index contributed by atoms with van der Waals surface area (Å²) < 4.78 is 42.3. The minimum absolute atomic E-state index is 0.116. The van der Waals surface area contributed by atoms with Crippen LogP contribution in [0.15, 0.2) is 42.0 Å². The molecule has 0 unspecified atom stereocenters. The highest BCUT2D eigenvalue weighted by molar-refractivity contribution is 5.99. The number of nitrogens with one attached hydrogen (secondary N) is 4. The Balaban J connectivity index is 1.53. The van der Waals surface area contributed by atoms with Crippen molar-refractivity contribution in [2.45, 2.75) is 58.5 Å². The molecule has 1 fully saturated rings. The van der Waals surface area contributed by atoms with Crippen LogP contribution in [0.4, 0.5) is 24.5 Å². The molecule has 3 aliphatic rings. The van der Waals surface area contributed by atoms with Gasteiger partial charge in [-0.3, -0.25) is 9.99 Å². The molecule has 1 aliphatic carbocycles. The van der Waals surface area contributed by atoms with Crippen LogP contribution in [0.25, 0.3) is 10.9 Å². The molecule has 222 valence electrons. The molecular weight excluding hydrogens is 561 g/mol. The Morgan fingerprint density at radius 2 is 1.93 bits per heavy atom. The average Bonchev–Trinajstić information content (AvgIpc) is 3.67. The molecule has 4 heterocycles. The average molecular weight is 591 g/mol. The van der Waals surface area contributed by atoms with Crippen molar-refractivity contribution in [3.05, 3.63) is 70.4 Å². The number of benzene rings is 1. The predicted molar refractivity (Wildman–Crippen MR) is 151 cm³/mol. The zero-order chi connectivity index (χ0) is 30.7. The van der Waals surface area contributed by atoms with Crippen molar-refractivity contribution in [3.63, 3.8) is 0 Å². The summed E-state index contributed by atoms with van der Waals surface area (Å²) in [6.07, 6.45) is -0.676. The zero-order valence-corrected chi connectivity index (χ0v) is 23.9. The highest BCUT2D eigenvalue weighted by Crippen LogP contribution is 2.50. The first-order valence-corrected chi connectivity index (χ1v) is 13.7. The molecule has 0 radical (unpaired) electrons. The molecule has 0 saturated heterocycles. The van der Waals surface area contributed by atoms with Crippen LogP contribution in [0.5, 0.6) is 0 Å². The normalized spacial score (nSPS) is 19.1. The molecular formula is C29H29F3N10O. The molecule has 0 spiro atoms. The zero-order valence-electron chi connectivity index (χ0n) is 23.9. The number of fused-ring (bicyclic) bond motifs is 1. The molecule has 14 heteroatoms. The number of nitriles is 2. The van der Waals surface area contributed by atoms with Crippen LogP contribution in [0, 0.1) is 40.9 Å². The van der Waals surface area contributed by atoms with Crippen LogP contribution >= 0.6 is 0 Å². The first-order valence-electron chi connectivity index (χ1n) is 13.7. The Morgan fingerprint density at radius 1 is 1.19 bits per heavy atom. The van der Waals surface area contributed by atoms with E-state index in [1.165, 1.54) is 17.3 Å². The second kappa shape index (κ2) is 10.2. The maximum atomic E-state index is 14.1. The summed E-state index contributed by atoms with van der Waals surface area (Å²) >= 11 is 0. The highest BCUT2D eigenvalue weighted by Gasteiger charge is 2.60. The van der Waals surface area contributed by atoms with Gasteiger partial charge in [0.1, 0.15) is 29.4 Å². The number of nitrogens with zero attached hydrogens (tertiary/aromatic N) is 6. The molecule has 6 rings (SSSR count). The van der Waals surface area contributed by atoms with Gasteiger partial charge in [-0.05, 0) is 43.4 Å². The molecule has 0 bridgehead atoms. The monoisotopic (exact) mass is 590 g/mol. The highest BCUT2D eigenvalue weighted by atomic mass is 19.3. The van der Waals surface area contributed by atoms with Gasteiger partial charge in [-0.15, -0.1) is 5.53 Å². The van der Waals surface area contributed by atoms with E-state index in [2.05, 4.69) is 64.7 Å². The Bertz CT molecular complexity index is 1740. The van der Waals surface area contributed by atoms with Gasteiger partial charge in [-0.1, -0.05) is 32.4 Å². The molecule has 1 saturated carbocycles. The number of halogens is 3. The van der Waals surface area contributed by atoms with E-state index in [9.17, 15) is 23.7 Å². The Labute approximate surface area is 245 Å². The van der Waals surface area contributed by atoms with E-state index >= 15 is 0 Å². The summed E-state index contributed by atoms with van der Waals surface area (Å²) in [6, 6.07) is 9.73. The van der Waals surface area contributed by atoms with E-state index < -0.39 is 24.0 Å². The quantitative estimate of drug-likeness (QED) is 0.301. The molecule has 1 atom stereocenters. The predicted octanol–water partition coefficient (Wildman–Crippen LogP) is 4.57. The van der Waals surface area contributed by atoms with Gasteiger partial charge in [0.25, 0.3) is 12.3 Å². The number of alkyl halides is 2. The fraction of sp³-hybridized carbons (Fsp3) is 0.379. The van der Waals surface area contributed by atoms with Crippen molar-refractivity contribution in [2.75, 3.05) is 16.9 Å². The van der Waals surface area contributed by atoms with Gasteiger partial charge in [0, 0.05) is 29.4 Å². The van der Waals surface area contributed by atoms with Gasteiger partial charge in [-0.25, -0.2) is 18.8 Å². The van der Waals surface area contributed by atoms with Crippen LogP contribution in [0.1, 0.15) is 62.0 Å². The van der Waals surface area contributed by atoms with Gasteiger partial charge >= 0.3 is 0 Å². The molecule has 43 heavy (non-hydrogen) atoms. The third-order valence-corrected chi connectivity index (χ3v) is 7.78. The van der Waals surface area contributed by atoms with Crippen LogP contribution in [-0.2, 0) is 4.84 Å². The van der Waals surface area contributed by atoms with Crippen molar-refractivity contribution in [3.8, 4) is 12.1 Å². The SMILES string of the molecule is Cc1nc(F)ccc1[C@H]1C2=C(ONN1c1cc(C#N)c3ncc(C#N)c(NCC(C)(C)C)c3c1)N(C1(C(F)F)CC1)NN2. The molecule has 11 nitrogen and oxygen atoms in total. The van der Waals surface area contributed by atoms with Crippen molar-refractivity contribution in [1.29, 1.82) is 10.5 Å². The fourth-order valence-electron chi connectivity index (χ4n) is 5.35. The fourth-order valence-corrected chi connectivity index (χ4v) is 5.35. The van der Waals surface area contributed by atoms with Crippen molar-refractivity contribution in [2.24, 2.45) is 5.41 Å². The Hall–Kier alpha value is -4.79. The molecule has 3 aromatic rings. The van der Waals surface area contributed by atoms with E-state index in [0.717, 1.165) is 0 Å². The number of rotatable bonds is 6. The summed E-state index contributed by atoms with van der Waals surface area (Å²) in [6.45, 7) is 8.34. The number of hydrazine groups is 3. The Morgan fingerprint density at radius 3 is 2.56 bits per heavy atom. The number of aryl methyl sites for hydroxylation is 1. The Kier molecular flexibility index (Phi) is 6.71. The summed E-state index contributed by atoms with van der Waals surface area (Å²) in [4.78, 5) is 14.3. The van der Waals surface area contributed by atoms with Gasteiger partial charge in [0.15, 0.2) is 0 Å². The molecule has 2 aromatic heterocycles. The molecule has 4 N–H and O–H groups in total. The van der Waals surface area contributed by atoms with Crippen LogP contribution in [0.3, 0.4) is 0 Å². The largest absolute Gasteiger partial charge is 0.383 e. The van der Waals surface area contributed by atoms with Gasteiger partial charge in [0.05, 0.1) is 28.0 Å². The first kappa shape index (κ1) is 28.3. The molecule has 0 amide bonds. The van der Waals surface area contributed by atoms with Crippen LogP contribution in [-0.4, -0.2) is 33.5 Å². The minimum Gasteiger partial charge on any atom is -0.383 e. The van der Waals surface area contributed by atoms with E-state index in [0.29, 0.717) is 51.3 Å². The standard InChI is InChI=1S/C29H29F3N10O/c1-15-19(5-6-21(30)37-15)25-24-26(42(39-38-24)29(7-8-29)27(31)32)43-40-41(25)18-9-16(11-33)22-20(10-18)23(17(12-34)13-35-22)36-14-28(2,3)4/h5-6,9-10,13,25,27,38-40H,7-8,14H2,1-4H3,(H,35,36)/t25-/m0/s1. The summed E-state index contributed by atoms with van der Waals surface area (Å²) in [5.74, 6) is -0.553.